The van der Waals surface area contributed by atoms with Gasteiger partial charge in [-0.25, -0.2) is 0 Å². The highest BCUT2D eigenvalue weighted by Gasteiger charge is 2.48. The molecule has 2 aliphatic heterocycles. The molecule has 144 valence electrons. The maximum absolute atomic E-state index is 13.3. The number of carbonyl (C=O) groups excluding carboxylic acids is 2. The molecule has 0 radical (unpaired) electrons. The van der Waals surface area contributed by atoms with E-state index < -0.39 is 12.2 Å². The molecule has 2 aromatic carbocycles. The van der Waals surface area contributed by atoms with Crippen molar-refractivity contribution >= 4 is 50.4 Å². The molecule has 4 rings (SSSR count). The summed E-state index contributed by atoms with van der Waals surface area (Å²) >= 11 is 4.87. The summed E-state index contributed by atoms with van der Waals surface area (Å²) in [7, 11) is 1.74. The zero-order chi connectivity index (χ0) is 20.0. The average Bonchev–Trinajstić information content (AvgIpc) is 2.69. The van der Waals surface area contributed by atoms with Gasteiger partial charge in [-0.1, -0.05) is 58.0 Å². The molecule has 0 saturated carbocycles. The first-order chi connectivity index (χ1) is 13.4. The number of amides is 2. The lowest BCUT2D eigenvalue weighted by atomic mass is 9.95. The number of fused-ring (bicyclic) bond motifs is 3. The molecule has 2 heterocycles. The van der Waals surface area contributed by atoms with Crippen LogP contribution in [0.2, 0.25) is 0 Å². The summed E-state index contributed by atoms with van der Waals surface area (Å²) in [6.45, 7) is 1.54. The average molecular weight is 459 g/mol. The molecule has 28 heavy (non-hydrogen) atoms. The lowest BCUT2D eigenvalue weighted by molar-refractivity contribution is -0.136. The van der Waals surface area contributed by atoms with Crippen molar-refractivity contribution < 1.29 is 9.59 Å². The zero-order valence-electron chi connectivity index (χ0n) is 15.7. The lowest BCUT2D eigenvalue weighted by Gasteiger charge is -2.49. The first-order valence-electron chi connectivity index (χ1n) is 8.76. The maximum Gasteiger partial charge on any atom is 0.257 e. The van der Waals surface area contributed by atoms with E-state index in [1.807, 2.05) is 54.8 Å². The van der Waals surface area contributed by atoms with E-state index in [4.69, 9.17) is 5.10 Å². The second kappa shape index (κ2) is 7.25. The fraction of sp³-hybridized carbons (Fsp3) is 0.250. The van der Waals surface area contributed by atoms with Gasteiger partial charge in [-0.05, 0) is 30.0 Å². The monoisotopic (exact) mass is 458 g/mol. The van der Waals surface area contributed by atoms with Crippen molar-refractivity contribution in [2.45, 2.75) is 19.1 Å². The number of hydrazone groups is 1. The number of thioether (sulfide) groups is 1. The number of carbonyl (C=O) groups is 2. The molecule has 2 aromatic rings. The second-order valence-electron chi connectivity index (χ2n) is 6.64. The lowest BCUT2D eigenvalue weighted by Crippen LogP contribution is -2.55. The SMILES string of the molecule is CSC1=NN2[C@H](C(=O)N1C)c1ccccc1N(C(C)=O)[C@@H]2c1ccc(Br)cc1. The van der Waals surface area contributed by atoms with Crippen molar-refractivity contribution in [1.29, 1.82) is 0 Å². The Kier molecular flexibility index (Phi) is 4.93. The Morgan fingerprint density at radius 3 is 2.46 bits per heavy atom. The van der Waals surface area contributed by atoms with Crippen LogP contribution >= 0.6 is 27.7 Å². The Morgan fingerprint density at radius 1 is 1.14 bits per heavy atom. The molecule has 2 aliphatic rings. The van der Waals surface area contributed by atoms with E-state index in [9.17, 15) is 9.59 Å². The van der Waals surface area contributed by atoms with Crippen molar-refractivity contribution in [2.75, 3.05) is 18.2 Å². The van der Waals surface area contributed by atoms with E-state index in [1.54, 1.807) is 28.8 Å². The number of halogens is 1. The topological polar surface area (TPSA) is 56.2 Å². The molecule has 0 saturated heterocycles. The minimum absolute atomic E-state index is 0.0582. The highest BCUT2D eigenvalue weighted by molar-refractivity contribution is 9.10. The van der Waals surface area contributed by atoms with Gasteiger partial charge in [0.05, 0.1) is 5.69 Å². The minimum Gasteiger partial charge on any atom is -0.291 e. The fourth-order valence-electron chi connectivity index (χ4n) is 3.73. The number of hydrogen-bond acceptors (Lipinski definition) is 5. The number of amidine groups is 1. The van der Waals surface area contributed by atoms with Crippen molar-refractivity contribution in [3.8, 4) is 0 Å². The van der Waals surface area contributed by atoms with Gasteiger partial charge in [0.2, 0.25) is 5.91 Å². The first kappa shape index (κ1) is 19.0. The zero-order valence-corrected chi connectivity index (χ0v) is 18.1. The van der Waals surface area contributed by atoms with Gasteiger partial charge in [0.25, 0.3) is 5.91 Å². The molecular weight excluding hydrogens is 440 g/mol. The molecular formula is C20H19BrN4O2S. The third-order valence-electron chi connectivity index (χ3n) is 4.99. The van der Waals surface area contributed by atoms with Crippen LogP contribution < -0.4 is 4.90 Å². The molecule has 0 unspecified atom stereocenters. The molecule has 0 N–H and O–H groups in total. The Balaban J connectivity index is 1.99. The molecule has 0 fully saturated rings. The van der Waals surface area contributed by atoms with Crippen molar-refractivity contribution in [1.82, 2.24) is 9.91 Å². The van der Waals surface area contributed by atoms with Crippen LogP contribution in [-0.4, -0.2) is 40.2 Å². The van der Waals surface area contributed by atoms with E-state index in [0.717, 1.165) is 21.3 Å². The fourth-order valence-corrected chi connectivity index (χ4v) is 4.53. The van der Waals surface area contributed by atoms with Crippen LogP contribution in [0.25, 0.3) is 0 Å². The number of benzene rings is 2. The third kappa shape index (κ3) is 2.91. The summed E-state index contributed by atoms with van der Waals surface area (Å²) < 4.78 is 0.946. The van der Waals surface area contributed by atoms with Crippen molar-refractivity contribution in [3.63, 3.8) is 0 Å². The number of rotatable bonds is 1. The van der Waals surface area contributed by atoms with Crippen molar-refractivity contribution in [3.05, 3.63) is 64.1 Å². The largest absolute Gasteiger partial charge is 0.291 e. The Bertz CT molecular complexity index is 978. The van der Waals surface area contributed by atoms with Gasteiger partial charge in [-0.15, -0.1) is 5.10 Å². The van der Waals surface area contributed by atoms with Gasteiger partial charge in [0.15, 0.2) is 17.4 Å². The van der Waals surface area contributed by atoms with Gasteiger partial charge < -0.3 is 0 Å². The predicted octanol–water partition coefficient (Wildman–Crippen LogP) is 3.96. The van der Waals surface area contributed by atoms with Gasteiger partial charge in [0, 0.05) is 24.0 Å². The van der Waals surface area contributed by atoms with Crippen LogP contribution in [-0.2, 0) is 9.59 Å². The number of anilines is 1. The van der Waals surface area contributed by atoms with Crippen LogP contribution in [0.1, 0.15) is 30.3 Å². The van der Waals surface area contributed by atoms with Crippen LogP contribution in [0, 0.1) is 0 Å². The number of para-hydroxylation sites is 1. The highest BCUT2D eigenvalue weighted by Crippen LogP contribution is 2.47. The summed E-state index contributed by atoms with van der Waals surface area (Å²) in [6, 6.07) is 14.7. The second-order valence-corrected chi connectivity index (χ2v) is 8.33. The minimum atomic E-state index is -0.582. The van der Waals surface area contributed by atoms with Gasteiger partial charge >= 0.3 is 0 Å². The van der Waals surface area contributed by atoms with E-state index in [1.165, 1.54) is 11.8 Å². The quantitative estimate of drug-likeness (QED) is 0.648. The number of hydrogen-bond donors (Lipinski definition) is 0. The predicted molar refractivity (Wildman–Crippen MR) is 115 cm³/mol. The van der Waals surface area contributed by atoms with Gasteiger partial charge in [-0.2, -0.15) is 0 Å². The molecule has 6 nitrogen and oxygen atoms in total. The molecule has 2 amide bonds. The summed E-state index contributed by atoms with van der Waals surface area (Å²) in [5.41, 5.74) is 2.42. The third-order valence-corrected chi connectivity index (χ3v) is 6.24. The smallest absolute Gasteiger partial charge is 0.257 e. The first-order valence-corrected chi connectivity index (χ1v) is 10.8. The Hall–Kier alpha value is -2.32. The summed E-state index contributed by atoms with van der Waals surface area (Å²) in [6.07, 6.45) is 1.38. The van der Waals surface area contributed by atoms with E-state index in [2.05, 4.69) is 15.9 Å². The molecule has 0 aromatic heterocycles. The standard InChI is InChI=1S/C20H19BrN4O2S/c1-12(26)24-16-7-5-4-6-15(16)17-19(27)23(2)20(28-3)22-25(17)18(24)13-8-10-14(21)11-9-13/h4-11,17-18H,1-3H3/t17-,18-/m0/s1. The normalized spacial score (nSPS) is 21.2. The highest BCUT2D eigenvalue weighted by atomic mass is 79.9. The van der Waals surface area contributed by atoms with E-state index in [-0.39, 0.29) is 11.8 Å². The van der Waals surface area contributed by atoms with Crippen LogP contribution in [0.3, 0.4) is 0 Å². The molecule has 2 atom stereocenters. The maximum atomic E-state index is 13.3. The molecule has 0 bridgehead atoms. The van der Waals surface area contributed by atoms with Crippen LogP contribution in [0.15, 0.2) is 58.1 Å². The van der Waals surface area contributed by atoms with Crippen molar-refractivity contribution in [2.24, 2.45) is 5.10 Å². The van der Waals surface area contributed by atoms with Crippen LogP contribution in [0.4, 0.5) is 5.69 Å². The molecule has 0 spiro atoms. The van der Waals surface area contributed by atoms with Gasteiger partial charge in [-0.3, -0.25) is 24.4 Å². The number of likely N-dealkylation sites (N-methyl/N-ethyl adjacent to an activating group) is 1. The van der Waals surface area contributed by atoms with Gasteiger partial charge in [0.1, 0.15) is 0 Å². The molecule has 8 heteroatoms. The summed E-state index contributed by atoms with van der Waals surface area (Å²) in [4.78, 5) is 29.3. The van der Waals surface area contributed by atoms with E-state index in [0.29, 0.717) is 5.17 Å². The summed E-state index contributed by atoms with van der Waals surface area (Å²) in [5.74, 6) is -0.164. The Labute approximate surface area is 176 Å². The Morgan fingerprint density at radius 2 is 1.82 bits per heavy atom. The van der Waals surface area contributed by atoms with E-state index >= 15 is 0 Å². The summed E-state index contributed by atoms with van der Waals surface area (Å²) in [5, 5.41) is 7.15. The van der Waals surface area contributed by atoms with Crippen LogP contribution in [0.5, 0.6) is 0 Å². The molecule has 0 aliphatic carbocycles. The number of nitrogens with zero attached hydrogens (tertiary/aromatic N) is 4.